The molecular formula is C17H27N3O. The van der Waals surface area contributed by atoms with Crippen LogP contribution in [0, 0.1) is 10.8 Å². The first-order valence-electron chi connectivity index (χ1n) is 7.46. The van der Waals surface area contributed by atoms with Crippen molar-refractivity contribution >= 4 is 11.7 Å². The Bertz CT molecular complexity index is 568. The van der Waals surface area contributed by atoms with E-state index in [0.29, 0.717) is 11.4 Å². The van der Waals surface area contributed by atoms with Gasteiger partial charge in [-0.15, -0.1) is 0 Å². The van der Waals surface area contributed by atoms with Crippen LogP contribution in [0.3, 0.4) is 0 Å². The number of nitrogens with two attached hydrogens (primary N) is 1. The number of hydrogen-bond acceptors (Lipinski definition) is 3. The molecule has 1 aliphatic rings. The molecule has 1 amide bonds. The summed E-state index contributed by atoms with van der Waals surface area (Å²) in [6.07, 6.45) is 0. The fourth-order valence-electron chi connectivity index (χ4n) is 2.84. The van der Waals surface area contributed by atoms with Crippen LogP contribution in [0.5, 0.6) is 0 Å². The number of carbonyl (C=O) groups is 1. The molecule has 4 heteroatoms. The Morgan fingerprint density at radius 1 is 1.19 bits per heavy atom. The first-order chi connectivity index (χ1) is 9.37. The molecule has 1 heterocycles. The third-order valence-corrected chi connectivity index (χ3v) is 5.17. The minimum absolute atomic E-state index is 0.0711. The van der Waals surface area contributed by atoms with Crippen LogP contribution in [-0.4, -0.2) is 16.9 Å². The summed E-state index contributed by atoms with van der Waals surface area (Å²) in [5.74, 6) is 0.320. The van der Waals surface area contributed by atoms with Crippen molar-refractivity contribution in [2.45, 2.75) is 59.9 Å². The predicted molar refractivity (Wildman–Crippen MR) is 86.2 cm³/mol. The van der Waals surface area contributed by atoms with E-state index >= 15 is 0 Å². The van der Waals surface area contributed by atoms with Gasteiger partial charge in [-0.25, -0.2) is 4.98 Å². The van der Waals surface area contributed by atoms with E-state index in [4.69, 9.17) is 5.73 Å². The van der Waals surface area contributed by atoms with Gasteiger partial charge in [0.1, 0.15) is 5.82 Å². The van der Waals surface area contributed by atoms with Gasteiger partial charge < -0.3 is 11.1 Å². The standard InChI is InChI=1S/C17H27N3O/c1-15(2,3)11-8-10(9-12(18)19-11)13(21)20-14-16(4,5)17(14,6)7/h8-9,14H,1-7H3,(H2,18,19)(H,20,21). The number of amides is 1. The maximum Gasteiger partial charge on any atom is 0.251 e. The summed E-state index contributed by atoms with van der Waals surface area (Å²) >= 11 is 0. The molecule has 1 aromatic heterocycles. The Labute approximate surface area is 127 Å². The highest BCUT2D eigenvalue weighted by molar-refractivity contribution is 5.95. The van der Waals surface area contributed by atoms with E-state index in [0.717, 1.165) is 5.69 Å². The van der Waals surface area contributed by atoms with Crippen molar-refractivity contribution < 1.29 is 4.79 Å². The molecule has 1 saturated carbocycles. The number of aromatic nitrogens is 1. The lowest BCUT2D eigenvalue weighted by molar-refractivity contribution is 0.0943. The van der Waals surface area contributed by atoms with Crippen molar-refractivity contribution in [2.75, 3.05) is 5.73 Å². The fourth-order valence-corrected chi connectivity index (χ4v) is 2.84. The topological polar surface area (TPSA) is 68.0 Å². The van der Waals surface area contributed by atoms with Gasteiger partial charge in [-0.05, 0) is 23.0 Å². The van der Waals surface area contributed by atoms with Gasteiger partial charge in [0.05, 0.1) is 0 Å². The molecule has 0 unspecified atom stereocenters. The summed E-state index contributed by atoms with van der Waals surface area (Å²) in [4.78, 5) is 16.8. The average molecular weight is 289 g/mol. The van der Waals surface area contributed by atoms with E-state index in [1.807, 2.05) is 6.07 Å². The van der Waals surface area contributed by atoms with Gasteiger partial charge in [0.2, 0.25) is 0 Å². The SMILES string of the molecule is CC(C)(C)c1cc(C(=O)NC2C(C)(C)C2(C)C)cc(N)n1. The first-order valence-corrected chi connectivity index (χ1v) is 7.46. The minimum Gasteiger partial charge on any atom is -0.384 e. The largest absolute Gasteiger partial charge is 0.384 e. The van der Waals surface area contributed by atoms with E-state index in [1.165, 1.54) is 0 Å². The number of nitrogens with one attached hydrogen (secondary N) is 1. The Morgan fingerprint density at radius 3 is 2.14 bits per heavy atom. The molecule has 116 valence electrons. The molecule has 3 N–H and O–H groups in total. The highest BCUT2D eigenvalue weighted by Gasteiger charge is 2.65. The third kappa shape index (κ3) is 2.63. The van der Waals surface area contributed by atoms with E-state index in [1.54, 1.807) is 6.07 Å². The fraction of sp³-hybridized carbons (Fsp3) is 0.647. The molecule has 0 aromatic carbocycles. The van der Waals surface area contributed by atoms with E-state index in [2.05, 4.69) is 58.8 Å². The first kappa shape index (κ1) is 15.8. The molecule has 4 nitrogen and oxygen atoms in total. The van der Waals surface area contributed by atoms with Gasteiger partial charge in [-0.2, -0.15) is 0 Å². The second kappa shape index (κ2) is 4.46. The van der Waals surface area contributed by atoms with Crippen LogP contribution in [0.25, 0.3) is 0 Å². The van der Waals surface area contributed by atoms with E-state index < -0.39 is 0 Å². The smallest absolute Gasteiger partial charge is 0.251 e. The van der Waals surface area contributed by atoms with Gasteiger partial charge in [-0.3, -0.25) is 4.79 Å². The Morgan fingerprint density at radius 2 is 1.71 bits per heavy atom. The molecule has 0 radical (unpaired) electrons. The zero-order valence-corrected chi connectivity index (χ0v) is 14.2. The molecule has 1 fully saturated rings. The highest BCUT2D eigenvalue weighted by Crippen LogP contribution is 2.62. The summed E-state index contributed by atoms with van der Waals surface area (Å²) < 4.78 is 0. The monoisotopic (exact) mass is 289 g/mol. The van der Waals surface area contributed by atoms with E-state index in [-0.39, 0.29) is 28.2 Å². The lowest BCUT2D eigenvalue weighted by atomic mass is 9.90. The number of nitrogen functional groups attached to an aromatic ring is 1. The molecule has 1 aliphatic carbocycles. The Hall–Kier alpha value is -1.58. The molecule has 0 bridgehead atoms. The van der Waals surface area contributed by atoms with Gasteiger partial charge in [-0.1, -0.05) is 48.5 Å². The highest BCUT2D eigenvalue weighted by atomic mass is 16.1. The van der Waals surface area contributed by atoms with Crippen molar-refractivity contribution in [3.8, 4) is 0 Å². The number of carbonyl (C=O) groups excluding carboxylic acids is 1. The molecular weight excluding hydrogens is 262 g/mol. The quantitative estimate of drug-likeness (QED) is 0.879. The van der Waals surface area contributed by atoms with Crippen molar-refractivity contribution in [2.24, 2.45) is 10.8 Å². The Balaban J connectivity index is 2.24. The molecule has 21 heavy (non-hydrogen) atoms. The summed E-state index contributed by atoms with van der Waals surface area (Å²) in [5, 5.41) is 3.13. The van der Waals surface area contributed by atoms with Crippen LogP contribution in [0.1, 0.15) is 64.5 Å². The van der Waals surface area contributed by atoms with Gasteiger partial charge in [0.15, 0.2) is 0 Å². The molecule has 2 rings (SSSR count). The average Bonchev–Trinajstić information content (AvgIpc) is 2.69. The number of nitrogens with zero attached hydrogens (tertiary/aromatic N) is 1. The molecule has 0 atom stereocenters. The van der Waals surface area contributed by atoms with E-state index in [9.17, 15) is 4.79 Å². The zero-order valence-electron chi connectivity index (χ0n) is 14.2. The Kier molecular flexibility index (Phi) is 3.35. The number of hydrogen-bond donors (Lipinski definition) is 2. The minimum atomic E-state index is -0.136. The normalized spacial score (nSPS) is 20.1. The maximum atomic E-state index is 12.5. The van der Waals surface area contributed by atoms with Crippen molar-refractivity contribution in [1.29, 1.82) is 0 Å². The van der Waals surface area contributed by atoms with Gasteiger partial charge in [0.25, 0.3) is 5.91 Å². The lowest BCUT2D eigenvalue weighted by Crippen LogP contribution is -2.30. The third-order valence-electron chi connectivity index (χ3n) is 5.17. The lowest BCUT2D eigenvalue weighted by Gasteiger charge is -2.19. The van der Waals surface area contributed by atoms with Crippen LogP contribution < -0.4 is 11.1 Å². The molecule has 0 saturated heterocycles. The molecule has 0 spiro atoms. The zero-order chi connectivity index (χ0) is 16.2. The van der Waals surface area contributed by atoms with Crippen molar-refractivity contribution in [3.63, 3.8) is 0 Å². The summed E-state index contributed by atoms with van der Waals surface area (Å²) in [6.45, 7) is 14.9. The summed E-state index contributed by atoms with van der Waals surface area (Å²) in [5.41, 5.74) is 7.38. The summed E-state index contributed by atoms with van der Waals surface area (Å²) in [7, 11) is 0. The van der Waals surface area contributed by atoms with Crippen LogP contribution in [-0.2, 0) is 5.41 Å². The van der Waals surface area contributed by atoms with Crippen LogP contribution in [0.2, 0.25) is 0 Å². The van der Waals surface area contributed by atoms with Crippen LogP contribution >= 0.6 is 0 Å². The van der Waals surface area contributed by atoms with Crippen molar-refractivity contribution in [1.82, 2.24) is 10.3 Å². The van der Waals surface area contributed by atoms with Gasteiger partial charge >= 0.3 is 0 Å². The number of pyridine rings is 1. The van der Waals surface area contributed by atoms with Crippen LogP contribution in [0.15, 0.2) is 12.1 Å². The second-order valence-corrected chi connectivity index (χ2v) is 8.27. The summed E-state index contributed by atoms with van der Waals surface area (Å²) in [6, 6.07) is 3.67. The van der Waals surface area contributed by atoms with Gasteiger partial charge in [0, 0.05) is 22.7 Å². The molecule has 1 aromatic rings. The maximum absolute atomic E-state index is 12.5. The number of anilines is 1. The predicted octanol–water partition coefficient (Wildman–Crippen LogP) is 3.13. The second-order valence-electron chi connectivity index (χ2n) is 8.27. The van der Waals surface area contributed by atoms with Crippen LogP contribution in [0.4, 0.5) is 5.82 Å². The molecule has 0 aliphatic heterocycles. The number of rotatable bonds is 2. The van der Waals surface area contributed by atoms with Crippen molar-refractivity contribution in [3.05, 3.63) is 23.4 Å².